The monoisotopic (exact) mass is 276 g/mol. The number of alkyl halides is 2. The maximum Gasteiger partial charge on any atom is 0.309 e. The summed E-state index contributed by atoms with van der Waals surface area (Å²) in [5.74, 6) is -5.09. The number of hydrogen-bond donors (Lipinski definition) is 2. The molecule has 0 saturated carbocycles. The minimum Gasteiger partial charge on any atom is -0.481 e. The van der Waals surface area contributed by atoms with Crippen molar-refractivity contribution in [3.63, 3.8) is 0 Å². The summed E-state index contributed by atoms with van der Waals surface area (Å²) in [6, 6.07) is -0.383. The second-order valence-corrected chi connectivity index (χ2v) is 6.02. The molecular weight excluding hydrogens is 258 g/mol. The number of carbonyl (C=O) groups excluding carboxylic acids is 1. The highest BCUT2D eigenvalue weighted by atomic mass is 19.3. The molecule has 2 aliphatic heterocycles. The summed E-state index contributed by atoms with van der Waals surface area (Å²) in [6.07, 6.45) is -0.173. The second-order valence-electron chi connectivity index (χ2n) is 6.02. The first-order valence-corrected chi connectivity index (χ1v) is 6.26. The molecule has 0 radical (unpaired) electrons. The Labute approximate surface area is 109 Å². The van der Waals surface area contributed by atoms with Crippen molar-refractivity contribution in [2.45, 2.75) is 32.2 Å². The van der Waals surface area contributed by atoms with E-state index in [1.807, 2.05) is 0 Å². The molecule has 19 heavy (non-hydrogen) atoms. The fourth-order valence-electron chi connectivity index (χ4n) is 2.61. The van der Waals surface area contributed by atoms with E-state index < -0.39 is 23.2 Å². The van der Waals surface area contributed by atoms with Crippen LogP contribution in [-0.4, -0.2) is 53.5 Å². The van der Waals surface area contributed by atoms with Crippen LogP contribution in [0.3, 0.4) is 0 Å². The maximum atomic E-state index is 13.5. The third kappa shape index (κ3) is 2.56. The Morgan fingerprint density at radius 2 is 2.05 bits per heavy atom. The number of hydrogen-bond acceptors (Lipinski definition) is 3. The van der Waals surface area contributed by atoms with Crippen LogP contribution < -0.4 is 5.32 Å². The number of nitrogens with one attached hydrogen (secondary N) is 1. The summed E-state index contributed by atoms with van der Waals surface area (Å²) in [5.41, 5.74) is -1.18. The Kier molecular flexibility index (Phi) is 3.28. The van der Waals surface area contributed by atoms with Crippen molar-refractivity contribution in [3.05, 3.63) is 0 Å². The molecule has 2 atom stereocenters. The van der Waals surface area contributed by atoms with Gasteiger partial charge in [-0.25, -0.2) is 8.78 Å². The zero-order valence-electron chi connectivity index (χ0n) is 10.9. The molecule has 0 aromatic rings. The first kappa shape index (κ1) is 14.2. The summed E-state index contributed by atoms with van der Waals surface area (Å²) < 4.78 is 27.0. The van der Waals surface area contributed by atoms with Gasteiger partial charge in [0.2, 0.25) is 5.91 Å². The van der Waals surface area contributed by atoms with Crippen molar-refractivity contribution in [3.8, 4) is 0 Å². The zero-order valence-corrected chi connectivity index (χ0v) is 10.9. The Hall–Kier alpha value is -1.24. The lowest BCUT2D eigenvalue weighted by Gasteiger charge is -2.24. The molecule has 0 bridgehead atoms. The van der Waals surface area contributed by atoms with Crippen LogP contribution >= 0.6 is 0 Å². The highest BCUT2D eigenvalue weighted by Crippen LogP contribution is 2.37. The maximum absolute atomic E-state index is 13.5. The van der Waals surface area contributed by atoms with E-state index in [1.54, 1.807) is 0 Å². The van der Waals surface area contributed by atoms with Gasteiger partial charge in [-0.05, 0) is 13.8 Å². The Balaban J connectivity index is 1.99. The van der Waals surface area contributed by atoms with E-state index in [4.69, 9.17) is 5.11 Å². The molecule has 2 saturated heterocycles. The molecule has 7 heteroatoms. The van der Waals surface area contributed by atoms with Gasteiger partial charge >= 0.3 is 5.97 Å². The molecule has 2 aliphatic rings. The Bertz CT molecular complexity index is 412. The van der Waals surface area contributed by atoms with Crippen LogP contribution in [0.5, 0.6) is 0 Å². The summed E-state index contributed by atoms with van der Waals surface area (Å²) in [7, 11) is 0. The van der Waals surface area contributed by atoms with E-state index >= 15 is 0 Å². The first-order valence-electron chi connectivity index (χ1n) is 6.26. The number of likely N-dealkylation sites (tertiary alicyclic amines) is 1. The lowest BCUT2D eigenvalue weighted by Crippen LogP contribution is -2.39. The SMILES string of the molecule is CC(C)(CC(=O)N1C[C@@H]2NCC(F)(F)[C@@H]2C1)C(=O)O. The molecule has 2 N–H and O–H groups in total. The molecule has 5 nitrogen and oxygen atoms in total. The fraction of sp³-hybridized carbons (Fsp3) is 0.833. The molecule has 0 unspecified atom stereocenters. The average molecular weight is 276 g/mol. The van der Waals surface area contributed by atoms with Crippen LogP contribution in [0.15, 0.2) is 0 Å². The van der Waals surface area contributed by atoms with Gasteiger partial charge in [-0.1, -0.05) is 0 Å². The van der Waals surface area contributed by atoms with Crippen LogP contribution in [-0.2, 0) is 9.59 Å². The normalized spacial score (nSPS) is 29.4. The van der Waals surface area contributed by atoms with Gasteiger partial charge in [0, 0.05) is 25.6 Å². The second kappa shape index (κ2) is 4.40. The van der Waals surface area contributed by atoms with Crippen molar-refractivity contribution in [2.24, 2.45) is 11.3 Å². The Morgan fingerprint density at radius 3 is 2.58 bits per heavy atom. The van der Waals surface area contributed by atoms with Crippen LogP contribution in [0.2, 0.25) is 0 Å². The van der Waals surface area contributed by atoms with Crippen molar-refractivity contribution in [1.29, 1.82) is 0 Å². The predicted octanol–water partition coefficient (Wildman–Crippen LogP) is 0.553. The van der Waals surface area contributed by atoms with Gasteiger partial charge in [0.15, 0.2) is 0 Å². The van der Waals surface area contributed by atoms with Crippen molar-refractivity contribution in [1.82, 2.24) is 10.2 Å². The lowest BCUT2D eigenvalue weighted by atomic mass is 9.89. The van der Waals surface area contributed by atoms with Crippen LogP contribution in [0.25, 0.3) is 0 Å². The quantitative estimate of drug-likeness (QED) is 0.790. The molecule has 2 fully saturated rings. The topological polar surface area (TPSA) is 69.6 Å². The number of carbonyl (C=O) groups is 2. The van der Waals surface area contributed by atoms with E-state index in [0.29, 0.717) is 0 Å². The zero-order chi connectivity index (χ0) is 14.4. The number of fused-ring (bicyclic) bond motifs is 1. The number of carboxylic acid groups (broad SMARTS) is 1. The number of aliphatic carboxylic acids is 1. The molecular formula is C12H18F2N2O3. The van der Waals surface area contributed by atoms with E-state index in [2.05, 4.69) is 5.32 Å². The van der Waals surface area contributed by atoms with E-state index in [9.17, 15) is 18.4 Å². The van der Waals surface area contributed by atoms with Gasteiger partial charge in [0.1, 0.15) is 0 Å². The van der Waals surface area contributed by atoms with Gasteiger partial charge in [-0.3, -0.25) is 9.59 Å². The Morgan fingerprint density at radius 1 is 1.42 bits per heavy atom. The fourth-order valence-corrected chi connectivity index (χ4v) is 2.61. The number of carboxylic acids is 1. The van der Waals surface area contributed by atoms with Crippen molar-refractivity contribution >= 4 is 11.9 Å². The van der Waals surface area contributed by atoms with Gasteiger partial charge in [0.25, 0.3) is 5.92 Å². The number of rotatable bonds is 3. The predicted molar refractivity (Wildman–Crippen MR) is 62.8 cm³/mol. The van der Waals surface area contributed by atoms with Crippen LogP contribution in [0.1, 0.15) is 20.3 Å². The number of nitrogens with zero attached hydrogens (tertiary/aromatic N) is 1. The highest BCUT2D eigenvalue weighted by Gasteiger charge is 2.55. The summed E-state index contributed by atoms with van der Waals surface area (Å²) >= 11 is 0. The average Bonchev–Trinajstić information content (AvgIpc) is 2.79. The van der Waals surface area contributed by atoms with Crippen LogP contribution in [0, 0.1) is 11.3 Å². The van der Waals surface area contributed by atoms with Crippen LogP contribution in [0.4, 0.5) is 8.78 Å². The molecule has 0 aromatic carbocycles. The van der Waals surface area contributed by atoms with Gasteiger partial charge in [0.05, 0.1) is 17.9 Å². The molecule has 108 valence electrons. The highest BCUT2D eigenvalue weighted by molar-refractivity contribution is 5.84. The van der Waals surface area contributed by atoms with Crippen molar-refractivity contribution < 1.29 is 23.5 Å². The summed E-state index contributed by atoms with van der Waals surface area (Å²) in [4.78, 5) is 24.3. The lowest BCUT2D eigenvalue weighted by molar-refractivity contribution is -0.151. The molecule has 1 amide bonds. The summed E-state index contributed by atoms with van der Waals surface area (Å²) in [6.45, 7) is 2.80. The minimum atomic E-state index is -2.79. The standard InChI is InChI=1S/C12H18F2N2O3/c1-11(2,10(18)19)3-9(17)16-4-7-8(5-16)15-6-12(7,13)14/h7-8,15H,3-6H2,1-2H3,(H,18,19)/t7-,8+/m1/s1. The van der Waals surface area contributed by atoms with Crippen molar-refractivity contribution in [2.75, 3.05) is 19.6 Å². The van der Waals surface area contributed by atoms with E-state index in [0.717, 1.165) is 0 Å². The molecule has 2 rings (SSSR count). The first-order chi connectivity index (χ1) is 8.63. The number of amides is 1. The van der Waals surface area contributed by atoms with Gasteiger partial charge in [-0.2, -0.15) is 0 Å². The van der Waals surface area contributed by atoms with E-state index in [1.165, 1.54) is 18.7 Å². The largest absolute Gasteiger partial charge is 0.481 e. The minimum absolute atomic E-state index is 0.000795. The molecule has 0 spiro atoms. The molecule has 2 heterocycles. The molecule has 0 aromatic heterocycles. The van der Waals surface area contributed by atoms with Gasteiger partial charge < -0.3 is 15.3 Å². The molecule has 0 aliphatic carbocycles. The van der Waals surface area contributed by atoms with Gasteiger partial charge in [-0.15, -0.1) is 0 Å². The van der Waals surface area contributed by atoms with E-state index in [-0.39, 0.29) is 38.0 Å². The number of halogens is 2. The third-order valence-electron chi connectivity index (χ3n) is 3.99. The third-order valence-corrected chi connectivity index (χ3v) is 3.99. The smallest absolute Gasteiger partial charge is 0.309 e. The summed E-state index contributed by atoms with van der Waals surface area (Å²) in [5, 5.41) is 11.7.